The normalized spacial score (nSPS) is 11.0. The summed E-state index contributed by atoms with van der Waals surface area (Å²) in [5, 5.41) is 14.7. The molecule has 0 amide bonds. The largest absolute Gasteiger partial charge is 0.508 e. The fraction of sp³-hybridized carbons (Fsp3) is 0.300. The SMILES string of the molecule is CCn1nc2cc(O)ccc2c1CN. The van der Waals surface area contributed by atoms with Crippen molar-refractivity contribution in [3.05, 3.63) is 23.9 Å². The summed E-state index contributed by atoms with van der Waals surface area (Å²) in [6, 6.07) is 5.16. The van der Waals surface area contributed by atoms with Crippen molar-refractivity contribution >= 4 is 10.9 Å². The highest BCUT2D eigenvalue weighted by atomic mass is 16.3. The van der Waals surface area contributed by atoms with E-state index in [2.05, 4.69) is 5.10 Å². The van der Waals surface area contributed by atoms with Crippen molar-refractivity contribution in [1.82, 2.24) is 9.78 Å². The maximum absolute atomic E-state index is 9.30. The average Bonchev–Trinajstić information content (AvgIpc) is 2.54. The van der Waals surface area contributed by atoms with Gasteiger partial charge in [0.2, 0.25) is 0 Å². The average molecular weight is 191 g/mol. The van der Waals surface area contributed by atoms with Gasteiger partial charge >= 0.3 is 0 Å². The molecule has 0 saturated heterocycles. The summed E-state index contributed by atoms with van der Waals surface area (Å²) in [6.07, 6.45) is 0. The van der Waals surface area contributed by atoms with Gasteiger partial charge in [-0.2, -0.15) is 5.10 Å². The zero-order valence-electron chi connectivity index (χ0n) is 8.07. The molecular weight excluding hydrogens is 178 g/mol. The first kappa shape index (κ1) is 9.02. The van der Waals surface area contributed by atoms with E-state index >= 15 is 0 Å². The Labute approximate surface area is 81.9 Å². The Hall–Kier alpha value is -1.55. The molecule has 0 unspecified atom stereocenters. The van der Waals surface area contributed by atoms with Gasteiger partial charge in [0, 0.05) is 24.5 Å². The van der Waals surface area contributed by atoms with Crippen molar-refractivity contribution in [1.29, 1.82) is 0 Å². The standard InChI is InChI=1S/C10H13N3O/c1-2-13-10(6-11)8-4-3-7(14)5-9(8)12-13/h3-5,14H,2,6,11H2,1H3. The van der Waals surface area contributed by atoms with Crippen LogP contribution in [0.25, 0.3) is 10.9 Å². The Morgan fingerprint density at radius 3 is 2.93 bits per heavy atom. The zero-order chi connectivity index (χ0) is 10.1. The summed E-state index contributed by atoms with van der Waals surface area (Å²) in [7, 11) is 0. The van der Waals surface area contributed by atoms with E-state index in [4.69, 9.17) is 5.73 Å². The lowest BCUT2D eigenvalue weighted by molar-refractivity contribution is 0.476. The summed E-state index contributed by atoms with van der Waals surface area (Å²) >= 11 is 0. The number of aromatic hydroxyl groups is 1. The number of nitrogens with two attached hydrogens (primary N) is 1. The molecule has 0 spiro atoms. The summed E-state index contributed by atoms with van der Waals surface area (Å²) in [5.41, 5.74) is 7.47. The van der Waals surface area contributed by atoms with Crippen LogP contribution in [0.1, 0.15) is 12.6 Å². The third kappa shape index (κ3) is 1.24. The first-order valence-corrected chi connectivity index (χ1v) is 4.64. The number of rotatable bonds is 2. The maximum atomic E-state index is 9.30. The van der Waals surface area contributed by atoms with Gasteiger partial charge in [0.25, 0.3) is 0 Å². The molecule has 4 nitrogen and oxygen atoms in total. The molecule has 0 saturated carbocycles. The number of hydrogen-bond acceptors (Lipinski definition) is 3. The first-order chi connectivity index (χ1) is 6.76. The lowest BCUT2D eigenvalue weighted by atomic mass is 10.2. The van der Waals surface area contributed by atoms with E-state index < -0.39 is 0 Å². The topological polar surface area (TPSA) is 64.1 Å². The van der Waals surface area contributed by atoms with Gasteiger partial charge in [0.05, 0.1) is 11.2 Å². The quantitative estimate of drug-likeness (QED) is 0.750. The molecular formula is C10H13N3O. The highest BCUT2D eigenvalue weighted by Gasteiger charge is 2.08. The zero-order valence-corrected chi connectivity index (χ0v) is 8.07. The number of hydrogen-bond donors (Lipinski definition) is 2. The van der Waals surface area contributed by atoms with E-state index in [1.807, 2.05) is 17.7 Å². The van der Waals surface area contributed by atoms with Gasteiger partial charge in [0.15, 0.2) is 0 Å². The molecule has 74 valence electrons. The number of aryl methyl sites for hydroxylation is 1. The van der Waals surface area contributed by atoms with Crippen molar-refractivity contribution in [3.8, 4) is 5.75 Å². The lowest BCUT2D eigenvalue weighted by Crippen LogP contribution is -2.07. The Bertz CT molecular complexity index is 462. The molecule has 0 aliphatic heterocycles. The number of phenols is 1. The van der Waals surface area contributed by atoms with Crippen LogP contribution >= 0.6 is 0 Å². The summed E-state index contributed by atoms with van der Waals surface area (Å²) in [5.74, 6) is 0.238. The van der Waals surface area contributed by atoms with Gasteiger partial charge in [-0.25, -0.2) is 0 Å². The molecule has 0 aliphatic rings. The molecule has 1 aromatic carbocycles. The van der Waals surface area contributed by atoms with Crippen molar-refractivity contribution in [2.75, 3.05) is 0 Å². The van der Waals surface area contributed by atoms with E-state index in [-0.39, 0.29) is 5.75 Å². The van der Waals surface area contributed by atoms with Crippen molar-refractivity contribution in [2.45, 2.75) is 20.0 Å². The van der Waals surface area contributed by atoms with Crippen LogP contribution in [0.2, 0.25) is 0 Å². The van der Waals surface area contributed by atoms with Crippen LogP contribution in [-0.4, -0.2) is 14.9 Å². The molecule has 14 heavy (non-hydrogen) atoms. The molecule has 0 fully saturated rings. The predicted molar refractivity (Wildman–Crippen MR) is 55.0 cm³/mol. The first-order valence-electron chi connectivity index (χ1n) is 4.64. The van der Waals surface area contributed by atoms with Gasteiger partial charge < -0.3 is 10.8 Å². The fourth-order valence-corrected chi connectivity index (χ4v) is 1.65. The molecule has 0 bridgehead atoms. The summed E-state index contributed by atoms with van der Waals surface area (Å²) < 4.78 is 1.87. The van der Waals surface area contributed by atoms with Gasteiger partial charge in [-0.1, -0.05) is 0 Å². The minimum absolute atomic E-state index is 0.238. The van der Waals surface area contributed by atoms with Crippen LogP contribution in [0.15, 0.2) is 18.2 Å². The Morgan fingerprint density at radius 2 is 2.29 bits per heavy atom. The van der Waals surface area contributed by atoms with Crippen LogP contribution in [0.4, 0.5) is 0 Å². The second kappa shape index (κ2) is 3.31. The minimum atomic E-state index is 0.238. The second-order valence-corrected chi connectivity index (χ2v) is 3.17. The third-order valence-electron chi connectivity index (χ3n) is 2.33. The molecule has 0 atom stereocenters. The number of nitrogens with zero attached hydrogens (tertiary/aromatic N) is 2. The number of benzene rings is 1. The van der Waals surface area contributed by atoms with Crippen LogP contribution in [-0.2, 0) is 13.1 Å². The number of fused-ring (bicyclic) bond motifs is 1. The molecule has 0 radical (unpaired) electrons. The summed E-state index contributed by atoms with van der Waals surface area (Å²) in [4.78, 5) is 0. The third-order valence-corrected chi connectivity index (χ3v) is 2.33. The lowest BCUT2D eigenvalue weighted by Gasteiger charge is -2.00. The Kier molecular flexibility index (Phi) is 2.13. The molecule has 1 aromatic heterocycles. The second-order valence-electron chi connectivity index (χ2n) is 3.17. The highest BCUT2D eigenvalue weighted by molar-refractivity contribution is 5.82. The van der Waals surface area contributed by atoms with Gasteiger partial charge in [-0.3, -0.25) is 4.68 Å². The Morgan fingerprint density at radius 1 is 1.50 bits per heavy atom. The van der Waals surface area contributed by atoms with Crippen molar-refractivity contribution < 1.29 is 5.11 Å². The van der Waals surface area contributed by atoms with E-state index in [9.17, 15) is 5.11 Å². The van der Waals surface area contributed by atoms with Gasteiger partial charge in [0.1, 0.15) is 5.75 Å². The van der Waals surface area contributed by atoms with E-state index in [0.717, 1.165) is 23.1 Å². The van der Waals surface area contributed by atoms with Gasteiger partial charge in [-0.05, 0) is 19.1 Å². The monoisotopic (exact) mass is 191 g/mol. The molecule has 0 aliphatic carbocycles. The van der Waals surface area contributed by atoms with Crippen molar-refractivity contribution in [3.63, 3.8) is 0 Å². The predicted octanol–water partition coefficient (Wildman–Crippen LogP) is 1.22. The molecule has 1 heterocycles. The smallest absolute Gasteiger partial charge is 0.117 e. The van der Waals surface area contributed by atoms with Crippen LogP contribution in [0.3, 0.4) is 0 Å². The highest BCUT2D eigenvalue weighted by Crippen LogP contribution is 2.22. The molecule has 2 rings (SSSR count). The fourth-order valence-electron chi connectivity index (χ4n) is 1.65. The van der Waals surface area contributed by atoms with E-state index in [1.165, 1.54) is 0 Å². The van der Waals surface area contributed by atoms with Gasteiger partial charge in [-0.15, -0.1) is 0 Å². The summed E-state index contributed by atoms with van der Waals surface area (Å²) in [6.45, 7) is 3.28. The number of aromatic nitrogens is 2. The molecule has 3 N–H and O–H groups in total. The maximum Gasteiger partial charge on any atom is 0.117 e. The van der Waals surface area contributed by atoms with Crippen LogP contribution < -0.4 is 5.73 Å². The molecule has 4 heteroatoms. The minimum Gasteiger partial charge on any atom is -0.508 e. The number of phenolic OH excluding ortho intramolecular Hbond substituents is 1. The van der Waals surface area contributed by atoms with Crippen LogP contribution in [0, 0.1) is 0 Å². The Balaban J connectivity index is 2.73. The van der Waals surface area contributed by atoms with E-state index in [0.29, 0.717) is 6.54 Å². The van der Waals surface area contributed by atoms with E-state index in [1.54, 1.807) is 12.1 Å². The van der Waals surface area contributed by atoms with Crippen LogP contribution in [0.5, 0.6) is 5.75 Å². The van der Waals surface area contributed by atoms with Crippen molar-refractivity contribution in [2.24, 2.45) is 5.73 Å². The molecule has 2 aromatic rings.